The number of hydrogen-bond donors (Lipinski definition) is 1. The molecule has 1 aliphatic carbocycles. The molecule has 7 nitrogen and oxygen atoms in total. The molecule has 1 heterocycles. The van der Waals surface area contributed by atoms with Gasteiger partial charge in [0.2, 0.25) is 0 Å². The molecular formula is C29H26Cl2NNaO6. The summed E-state index contributed by atoms with van der Waals surface area (Å²) in [5.41, 5.74) is 1.93. The van der Waals surface area contributed by atoms with E-state index in [0.29, 0.717) is 58.8 Å². The van der Waals surface area contributed by atoms with Crippen molar-refractivity contribution in [3.05, 3.63) is 87.4 Å². The van der Waals surface area contributed by atoms with Crippen molar-refractivity contribution in [1.82, 2.24) is 5.32 Å². The first-order chi connectivity index (χ1) is 18.4. The number of ether oxygens (including phenoxy) is 3. The number of nitrogens with one attached hydrogen (secondary N) is 1. The van der Waals surface area contributed by atoms with E-state index in [1.807, 2.05) is 24.3 Å². The van der Waals surface area contributed by atoms with Gasteiger partial charge in [-0.25, -0.2) is 0 Å². The van der Waals surface area contributed by atoms with Gasteiger partial charge in [-0.05, 0) is 73.2 Å². The maximum atomic E-state index is 13.0. The summed E-state index contributed by atoms with van der Waals surface area (Å²) in [4.78, 5) is 24.4. The van der Waals surface area contributed by atoms with E-state index in [4.69, 9.17) is 37.4 Å². The summed E-state index contributed by atoms with van der Waals surface area (Å²) in [6, 6.07) is 17.2. The van der Waals surface area contributed by atoms with Crippen LogP contribution in [-0.4, -0.2) is 31.3 Å². The van der Waals surface area contributed by atoms with E-state index in [-0.39, 0.29) is 47.1 Å². The molecule has 10 heteroatoms. The molecule has 3 aromatic rings. The molecule has 0 aromatic heterocycles. The average molecular weight is 578 g/mol. The van der Waals surface area contributed by atoms with E-state index in [9.17, 15) is 14.7 Å². The van der Waals surface area contributed by atoms with Crippen LogP contribution in [0.2, 0.25) is 10.0 Å². The molecule has 0 saturated heterocycles. The summed E-state index contributed by atoms with van der Waals surface area (Å²) in [6.07, 6.45) is 2.68. The molecule has 198 valence electrons. The molecular weight excluding hydrogens is 552 g/mol. The van der Waals surface area contributed by atoms with Crippen molar-refractivity contribution in [3.8, 4) is 17.2 Å². The van der Waals surface area contributed by atoms with Gasteiger partial charge in [-0.1, -0.05) is 35.3 Å². The van der Waals surface area contributed by atoms with Gasteiger partial charge >= 0.3 is 29.6 Å². The van der Waals surface area contributed by atoms with Gasteiger partial charge in [0.1, 0.15) is 23.5 Å². The predicted molar refractivity (Wildman–Crippen MR) is 141 cm³/mol. The minimum absolute atomic E-state index is 0. The van der Waals surface area contributed by atoms with E-state index in [1.54, 1.807) is 30.3 Å². The molecule has 1 saturated carbocycles. The number of carbonyl (C=O) groups excluding carboxylic acids is 2. The number of aliphatic carboxylic acids is 1. The van der Waals surface area contributed by atoms with E-state index < -0.39 is 18.1 Å². The second-order valence-electron chi connectivity index (χ2n) is 9.53. The van der Waals surface area contributed by atoms with Crippen molar-refractivity contribution in [3.63, 3.8) is 0 Å². The topological polar surface area (TPSA) is 96.9 Å². The zero-order valence-corrected chi connectivity index (χ0v) is 25.0. The van der Waals surface area contributed by atoms with Crippen LogP contribution >= 0.6 is 23.2 Å². The molecule has 2 unspecified atom stereocenters. The van der Waals surface area contributed by atoms with Crippen molar-refractivity contribution in [2.45, 2.75) is 37.8 Å². The van der Waals surface area contributed by atoms with Crippen LogP contribution in [0, 0.1) is 5.92 Å². The first-order valence-corrected chi connectivity index (χ1v) is 13.2. The van der Waals surface area contributed by atoms with Crippen LogP contribution in [0.5, 0.6) is 17.2 Å². The van der Waals surface area contributed by atoms with Crippen molar-refractivity contribution in [2.24, 2.45) is 5.92 Å². The molecule has 1 amide bonds. The number of halogens is 2. The number of carbonyl (C=O) groups is 2. The number of amides is 1. The first kappa shape index (κ1) is 29.7. The van der Waals surface area contributed by atoms with Crippen LogP contribution < -0.4 is 49.5 Å². The van der Waals surface area contributed by atoms with E-state index in [2.05, 4.69) is 5.32 Å². The minimum Gasteiger partial charge on any atom is -0.549 e. The fourth-order valence-corrected chi connectivity index (χ4v) is 4.60. The maximum Gasteiger partial charge on any atom is 1.00 e. The third-order valence-electron chi connectivity index (χ3n) is 6.59. The van der Waals surface area contributed by atoms with Gasteiger partial charge in [0, 0.05) is 40.5 Å². The molecule has 1 fully saturated rings. The number of carboxylic acids is 1. The van der Waals surface area contributed by atoms with Gasteiger partial charge in [-0.3, -0.25) is 4.79 Å². The van der Waals surface area contributed by atoms with Crippen LogP contribution in [0.1, 0.15) is 46.7 Å². The van der Waals surface area contributed by atoms with E-state index >= 15 is 0 Å². The first-order valence-electron chi connectivity index (χ1n) is 12.5. The Labute approximate surface area is 259 Å². The average Bonchev–Trinajstić information content (AvgIpc) is 3.73. The largest absolute Gasteiger partial charge is 1.00 e. The number of benzene rings is 3. The number of fused-ring (bicyclic) bond motifs is 1. The van der Waals surface area contributed by atoms with Gasteiger partial charge in [0.15, 0.2) is 0 Å². The molecule has 39 heavy (non-hydrogen) atoms. The Morgan fingerprint density at radius 2 is 1.74 bits per heavy atom. The summed E-state index contributed by atoms with van der Waals surface area (Å²) >= 11 is 12.4. The van der Waals surface area contributed by atoms with Gasteiger partial charge < -0.3 is 29.4 Å². The summed E-state index contributed by atoms with van der Waals surface area (Å²) in [6.45, 7) is 0.875. The van der Waals surface area contributed by atoms with Crippen LogP contribution in [0.15, 0.2) is 60.7 Å². The predicted octanol–water partition coefficient (Wildman–Crippen LogP) is 2.13. The second-order valence-corrected chi connectivity index (χ2v) is 10.4. The second kappa shape index (κ2) is 13.4. The standard InChI is InChI=1S/C29H27Cl2NO6.Na/c30-20-7-3-17(4-8-20)13-27(37-16-18-1-2-18)32-28(33)19-5-9-21(10-6-19)38-26-15-25-23(14-24(26)31)22(29(34)35)11-12-36-25;/h3-10,14-15,18,22,27H,1-2,11-13,16H2,(H,32,33)(H,34,35);/q;+1/p-1. The van der Waals surface area contributed by atoms with E-state index in [1.165, 1.54) is 6.07 Å². The summed E-state index contributed by atoms with van der Waals surface area (Å²) in [5, 5.41) is 15.3. The molecule has 5 rings (SSSR count). The molecule has 2 atom stereocenters. The SMILES string of the molecule is O=C(NC(Cc1ccc(Cl)cc1)OCC1CC1)c1ccc(Oc2cc3c(cc2Cl)C(C(=O)[O-])CCO3)cc1.[Na+]. The van der Waals surface area contributed by atoms with Crippen molar-refractivity contribution < 1.29 is 58.5 Å². The smallest absolute Gasteiger partial charge is 0.549 e. The van der Waals surface area contributed by atoms with Crippen LogP contribution in [0.3, 0.4) is 0 Å². The Morgan fingerprint density at radius 3 is 2.41 bits per heavy atom. The van der Waals surface area contributed by atoms with Crippen molar-refractivity contribution >= 4 is 35.1 Å². The van der Waals surface area contributed by atoms with Gasteiger partial charge in [0.25, 0.3) is 5.91 Å². The molecule has 1 aliphatic heterocycles. The van der Waals surface area contributed by atoms with Crippen LogP contribution in [0.25, 0.3) is 0 Å². The fourth-order valence-electron chi connectivity index (χ4n) is 4.27. The maximum absolute atomic E-state index is 13.0. The third-order valence-corrected chi connectivity index (χ3v) is 7.14. The normalized spacial score (nSPS) is 16.7. The summed E-state index contributed by atoms with van der Waals surface area (Å²) in [7, 11) is 0. The molecule has 2 aliphatic rings. The van der Waals surface area contributed by atoms with Crippen molar-refractivity contribution in [2.75, 3.05) is 13.2 Å². The third kappa shape index (κ3) is 7.91. The quantitative estimate of drug-likeness (QED) is 0.293. The zero-order chi connectivity index (χ0) is 26.6. The number of rotatable bonds is 10. The Morgan fingerprint density at radius 1 is 1.03 bits per heavy atom. The monoisotopic (exact) mass is 577 g/mol. The molecule has 0 spiro atoms. The summed E-state index contributed by atoms with van der Waals surface area (Å²) < 4.78 is 17.5. The number of carboxylic acid groups (broad SMARTS) is 1. The Bertz CT molecular complexity index is 1310. The molecule has 0 radical (unpaired) electrons. The minimum atomic E-state index is -1.17. The Hall–Kier alpha value is -2.26. The van der Waals surface area contributed by atoms with Crippen LogP contribution in [0.4, 0.5) is 0 Å². The van der Waals surface area contributed by atoms with Gasteiger partial charge in [-0.2, -0.15) is 0 Å². The molecule has 0 bridgehead atoms. The fraction of sp³-hybridized carbons (Fsp3) is 0.310. The number of hydrogen-bond acceptors (Lipinski definition) is 6. The van der Waals surface area contributed by atoms with Crippen LogP contribution in [-0.2, 0) is 16.0 Å². The van der Waals surface area contributed by atoms with E-state index in [0.717, 1.165) is 18.4 Å². The van der Waals surface area contributed by atoms with Crippen molar-refractivity contribution in [1.29, 1.82) is 0 Å². The van der Waals surface area contributed by atoms with Gasteiger partial charge in [-0.15, -0.1) is 0 Å². The summed E-state index contributed by atoms with van der Waals surface area (Å²) in [5.74, 6) is -0.472. The Balaban J connectivity index is 0.00000353. The Kier molecular flexibility index (Phi) is 10.2. The van der Waals surface area contributed by atoms with Gasteiger partial charge in [0.05, 0.1) is 18.2 Å². The molecule has 1 N–H and O–H groups in total. The zero-order valence-electron chi connectivity index (χ0n) is 21.5. The molecule has 3 aromatic carbocycles.